The first kappa shape index (κ1) is 11.5. The molecule has 0 spiro atoms. The van der Waals surface area contributed by atoms with Crippen molar-refractivity contribution in [1.29, 1.82) is 0 Å². The summed E-state index contributed by atoms with van der Waals surface area (Å²) < 4.78 is 4.45. The first-order valence-corrected chi connectivity index (χ1v) is 4.38. The molecule has 1 rings (SSSR count). The van der Waals surface area contributed by atoms with Gasteiger partial charge in [-0.15, -0.1) is 0 Å². The van der Waals surface area contributed by atoms with Crippen molar-refractivity contribution in [3.63, 3.8) is 0 Å². The van der Waals surface area contributed by atoms with Crippen LogP contribution in [0.1, 0.15) is 15.9 Å². The first-order valence-electron chi connectivity index (χ1n) is 4.00. The summed E-state index contributed by atoms with van der Waals surface area (Å²) in [6.07, 6.45) is 0. The van der Waals surface area contributed by atoms with E-state index in [1.807, 2.05) is 0 Å². The summed E-state index contributed by atoms with van der Waals surface area (Å²) in [5.74, 6) is -0.653. The maximum absolute atomic E-state index is 11.1. The molecule has 15 heavy (non-hydrogen) atoms. The molecule has 0 aromatic heterocycles. The number of methoxy groups -OCH3 is 1. The number of esters is 1. The van der Waals surface area contributed by atoms with Crippen LogP contribution in [-0.2, 0) is 4.74 Å². The highest BCUT2D eigenvalue weighted by Crippen LogP contribution is 2.27. The van der Waals surface area contributed by atoms with Gasteiger partial charge in [0.2, 0.25) is 0 Å². The van der Waals surface area contributed by atoms with Gasteiger partial charge in [0.1, 0.15) is 0 Å². The molecule has 0 fully saturated rings. The van der Waals surface area contributed by atoms with E-state index in [0.29, 0.717) is 5.56 Å². The zero-order valence-corrected chi connectivity index (χ0v) is 8.87. The minimum Gasteiger partial charge on any atom is -0.465 e. The fourth-order valence-electron chi connectivity index (χ4n) is 1.09. The van der Waals surface area contributed by atoms with E-state index in [4.69, 9.17) is 11.6 Å². The molecule has 0 saturated carbocycles. The number of halogens is 1. The zero-order valence-electron chi connectivity index (χ0n) is 8.11. The van der Waals surface area contributed by atoms with E-state index in [1.165, 1.54) is 20.1 Å². The van der Waals surface area contributed by atoms with Crippen molar-refractivity contribution in [3.8, 4) is 0 Å². The molecule has 0 heterocycles. The minimum absolute atomic E-state index is 0.0693. The van der Waals surface area contributed by atoms with E-state index in [1.54, 1.807) is 0 Å². The summed E-state index contributed by atoms with van der Waals surface area (Å²) in [6.45, 7) is 1.52. The van der Waals surface area contributed by atoms with E-state index in [2.05, 4.69) is 4.74 Å². The largest absolute Gasteiger partial charge is 0.465 e. The van der Waals surface area contributed by atoms with Crippen LogP contribution in [0.2, 0.25) is 5.02 Å². The summed E-state index contributed by atoms with van der Waals surface area (Å²) in [4.78, 5) is 21.2. The van der Waals surface area contributed by atoms with Crippen LogP contribution < -0.4 is 0 Å². The second kappa shape index (κ2) is 4.27. The van der Waals surface area contributed by atoms with Crippen LogP contribution in [0.15, 0.2) is 12.1 Å². The Labute approximate surface area is 90.8 Å². The number of nitro groups is 1. The Morgan fingerprint density at radius 1 is 1.53 bits per heavy atom. The number of hydrogen-bond acceptors (Lipinski definition) is 4. The van der Waals surface area contributed by atoms with E-state index < -0.39 is 10.9 Å². The fraction of sp³-hybridized carbons (Fsp3) is 0.222. The maximum atomic E-state index is 11.1. The lowest BCUT2D eigenvalue weighted by Gasteiger charge is -2.03. The highest BCUT2D eigenvalue weighted by Gasteiger charge is 2.18. The molecule has 0 aliphatic heterocycles. The van der Waals surface area contributed by atoms with Gasteiger partial charge in [-0.25, -0.2) is 4.79 Å². The highest BCUT2D eigenvalue weighted by atomic mass is 35.5. The molecule has 0 amide bonds. The van der Waals surface area contributed by atoms with Gasteiger partial charge in [-0.3, -0.25) is 10.1 Å². The number of carbonyl (C=O) groups excluding carboxylic acids is 1. The lowest BCUT2D eigenvalue weighted by atomic mass is 10.1. The molecule has 0 radical (unpaired) electrons. The lowest BCUT2D eigenvalue weighted by molar-refractivity contribution is -0.385. The van der Waals surface area contributed by atoms with Crippen molar-refractivity contribution < 1.29 is 14.5 Å². The summed E-state index contributed by atoms with van der Waals surface area (Å²) in [7, 11) is 1.20. The molecule has 0 N–H and O–H groups in total. The molecule has 80 valence electrons. The molecule has 0 bridgehead atoms. The van der Waals surface area contributed by atoms with Crippen LogP contribution in [0.25, 0.3) is 0 Å². The van der Waals surface area contributed by atoms with Gasteiger partial charge >= 0.3 is 5.97 Å². The van der Waals surface area contributed by atoms with Crippen molar-refractivity contribution in [3.05, 3.63) is 38.4 Å². The monoisotopic (exact) mass is 229 g/mol. The van der Waals surface area contributed by atoms with Gasteiger partial charge in [0.25, 0.3) is 5.69 Å². The Hall–Kier alpha value is -1.62. The third kappa shape index (κ3) is 2.24. The smallest absolute Gasteiger partial charge is 0.338 e. The Bertz CT molecular complexity index is 430. The summed E-state index contributed by atoms with van der Waals surface area (Å²) in [5, 5.41) is 10.8. The number of hydrogen-bond donors (Lipinski definition) is 0. The number of benzene rings is 1. The number of rotatable bonds is 2. The van der Waals surface area contributed by atoms with Crippen molar-refractivity contribution >= 4 is 23.3 Å². The molecule has 0 aliphatic carbocycles. The Kier molecular flexibility index (Phi) is 3.26. The standard InChI is InChI=1S/C9H8ClNO4/c1-5-7(10)3-6(9(12)15-2)4-8(5)11(13)14/h3-4H,1-2H3. The predicted molar refractivity (Wildman–Crippen MR) is 54.2 cm³/mol. The molecule has 6 heteroatoms. The summed E-state index contributed by atoms with van der Waals surface area (Å²) in [5.41, 5.74) is 0.206. The van der Waals surface area contributed by atoms with E-state index in [9.17, 15) is 14.9 Å². The molecule has 0 unspecified atom stereocenters. The minimum atomic E-state index is -0.653. The predicted octanol–water partition coefficient (Wildman–Crippen LogP) is 2.34. The molecule has 0 aliphatic rings. The SMILES string of the molecule is COC(=O)c1cc(Cl)c(C)c([N+](=O)[O-])c1. The number of carbonyl (C=O) groups is 1. The molecular formula is C9H8ClNO4. The lowest BCUT2D eigenvalue weighted by Crippen LogP contribution is -2.03. The average Bonchev–Trinajstić information content (AvgIpc) is 2.20. The van der Waals surface area contributed by atoms with Crippen LogP contribution in [0, 0.1) is 17.0 Å². The Morgan fingerprint density at radius 2 is 2.13 bits per heavy atom. The van der Waals surface area contributed by atoms with Crippen molar-refractivity contribution in [2.75, 3.05) is 7.11 Å². The quantitative estimate of drug-likeness (QED) is 0.443. The fourth-order valence-corrected chi connectivity index (χ4v) is 1.30. The summed E-state index contributed by atoms with van der Waals surface area (Å²) in [6, 6.07) is 2.49. The molecule has 0 atom stereocenters. The van der Waals surface area contributed by atoms with Crippen molar-refractivity contribution in [2.45, 2.75) is 6.92 Å². The highest BCUT2D eigenvalue weighted by molar-refractivity contribution is 6.32. The summed E-state index contributed by atoms with van der Waals surface area (Å²) >= 11 is 5.75. The molecule has 1 aromatic rings. The number of ether oxygens (including phenoxy) is 1. The van der Waals surface area contributed by atoms with Crippen LogP contribution in [0.4, 0.5) is 5.69 Å². The van der Waals surface area contributed by atoms with Crippen molar-refractivity contribution in [1.82, 2.24) is 0 Å². The molecule has 5 nitrogen and oxygen atoms in total. The van der Waals surface area contributed by atoms with E-state index in [0.717, 1.165) is 6.07 Å². The number of nitro benzene ring substituents is 1. The van der Waals surface area contributed by atoms with Gasteiger partial charge in [-0.2, -0.15) is 0 Å². The second-order valence-corrected chi connectivity index (χ2v) is 3.26. The van der Waals surface area contributed by atoms with Gasteiger partial charge in [0, 0.05) is 11.6 Å². The topological polar surface area (TPSA) is 69.4 Å². The second-order valence-electron chi connectivity index (χ2n) is 2.85. The van der Waals surface area contributed by atoms with Gasteiger partial charge in [0.15, 0.2) is 0 Å². The van der Waals surface area contributed by atoms with Crippen LogP contribution >= 0.6 is 11.6 Å². The van der Waals surface area contributed by atoms with E-state index in [-0.39, 0.29) is 16.3 Å². The van der Waals surface area contributed by atoms with Crippen LogP contribution in [-0.4, -0.2) is 18.0 Å². The first-order chi connectivity index (χ1) is 6.97. The van der Waals surface area contributed by atoms with Gasteiger partial charge < -0.3 is 4.74 Å². The third-order valence-corrected chi connectivity index (χ3v) is 2.33. The molecule has 0 saturated heterocycles. The van der Waals surface area contributed by atoms with E-state index >= 15 is 0 Å². The van der Waals surface area contributed by atoms with Crippen molar-refractivity contribution in [2.24, 2.45) is 0 Å². The van der Waals surface area contributed by atoms with Gasteiger partial charge in [0.05, 0.1) is 22.6 Å². The van der Waals surface area contributed by atoms with Gasteiger partial charge in [-0.1, -0.05) is 11.6 Å². The van der Waals surface area contributed by atoms with Crippen LogP contribution in [0.3, 0.4) is 0 Å². The average molecular weight is 230 g/mol. The van der Waals surface area contributed by atoms with Gasteiger partial charge in [-0.05, 0) is 13.0 Å². The Morgan fingerprint density at radius 3 is 2.60 bits per heavy atom. The van der Waals surface area contributed by atoms with Crippen LogP contribution in [0.5, 0.6) is 0 Å². The molecular weight excluding hydrogens is 222 g/mol. The molecule has 1 aromatic carbocycles. The third-order valence-electron chi connectivity index (χ3n) is 1.93. The Balaban J connectivity index is 3.35. The zero-order chi connectivity index (χ0) is 11.6. The number of nitrogens with zero attached hydrogens (tertiary/aromatic N) is 1. The maximum Gasteiger partial charge on any atom is 0.338 e. The normalized spacial score (nSPS) is 9.80.